The first kappa shape index (κ1) is 23.8. The summed E-state index contributed by atoms with van der Waals surface area (Å²) in [4.78, 5) is 15.2. The van der Waals surface area contributed by atoms with Gasteiger partial charge in [0.05, 0.1) is 13.7 Å². The van der Waals surface area contributed by atoms with Crippen molar-refractivity contribution in [2.75, 3.05) is 33.3 Å². The molecule has 2 aromatic rings. The zero-order valence-electron chi connectivity index (χ0n) is 20.3. The normalized spacial score (nSPS) is 20.7. The molecule has 4 rings (SSSR count). The minimum Gasteiger partial charge on any atom is -0.497 e. The fourth-order valence-electron chi connectivity index (χ4n) is 5.35. The molecule has 2 unspecified atom stereocenters. The summed E-state index contributed by atoms with van der Waals surface area (Å²) in [5, 5.41) is 3.46. The quantitative estimate of drug-likeness (QED) is 0.538. The van der Waals surface area contributed by atoms with E-state index in [1.54, 1.807) is 7.11 Å². The number of carbonyl (C=O) groups excluding carboxylic acids is 1. The second kappa shape index (κ2) is 11.2. The van der Waals surface area contributed by atoms with Gasteiger partial charge in [-0.15, -0.1) is 0 Å². The van der Waals surface area contributed by atoms with Crippen molar-refractivity contribution in [3.8, 4) is 11.5 Å². The van der Waals surface area contributed by atoms with Gasteiger partial charge in [0.1, 0.15) is 17.6 Å². The van der Waals surface area contributed by atoms with Gasteiger partial charge >= 0.3 is 0 Å². The van der Waals surface area contributed by atoms with Gasteiger partial charge < -0.3 is 14.8 Å². The number of piperidine rings is 1. The first-order valence-corrected chi connectivity index (χ1v) is 12.4. The van der Waals surface area contributed by atoms with Crippen LogP contribution in [0.1, 0.15) is 61.5 Å². The molecule has 0 radical (unpaired) electrons. The Kier molecular flexibility index (Phi) is 8.05. The van der Waals surface area contributed by atoms with Gasteiger partial charge in [0, 0.05) is 11.6 Å². The molecule has 2 fully saturated rings. The summed E-state index contributed by atoms with van der Waals surface area (Å²) in [6, 6.07) is 16.2. The Labute approximate surface area is 198 Å². The van der Waals surface area contributed by atoms with Crippen LogP contribution in [-0.4, -0.2) is 50.1 Å². The van der Waals surface area contributed by atoms with Gasteiger partial charge in [-0.3, -0.25) is 9.69 Å². The van der Waals surface area contributed by atoms with Crippen molar-refractivity contribution >= 4 is 5.78 Å². The Hall–Kier alpha value is -2.37. The monoisotopic (exact) mass is 450 g/mol. The summed E-state index contributed by atoms with van der Waals surface area (Å²) >= 11 is 0. The summed E-state index contributed by atoms with van der Waals surface area (Å²) in [6.45, 7) is 8.07. The van der Waals surface area contributed by atoms with Crippen LogP contribution in [-0.2, 0) is 0 Å². The van der Waals surface area contributed by atoms with Gasteiger partial charge in [0.2, 0.25) is 0 Å². The molecule has 0 bridgehead atoms. The molecule has 2 atom stereocenters. The zero-order valence-corrected chi connectivity index (χ0v) is 20.3. The number of ether oxygens (including phenoxy) is 2. The molecule has 0 aliphatic carbocycles. The third kappa shape index (κ3) is 5.96. The molecule has 5 heteroatoms. The highest BCUT2D eigenvalue weighted by molar-refractivity contribution is 5.97. The average Bonchev–Trinajstić information content (AvgIpc) is 3.31. The molecule has 0 aromatic heterocycles. The van der Waals surface area contributed by atoms with E-state index in [1.165, 1.54) is 18.4 Å². The Balaban J connectivity index is 1.44. The van der Waals surface area contributed by atoms with Crippen LogP contribution in [0.5, 0.6) is 11.5 Å². The number of ketones is 1. The van der Waals surface area contributed by atoms with Crippen LogP contribution < -0.4 is 14.8 Å². The molecule has 5 nitrogen and oxygen atoms in total. The van der Waals surface area contributed by atoms with Gasteiger partial charge in [-0.2, -0.15) is 0 Å². The minimum atomic E-state index is 0.155. The van der Waals surface area contributed by atoms with Crippen molar-refractivity contribution in [1.29, 1.82) is 0 Å². The molecule has 2 aliphatic heterocycles. The van der Waals surface area contributed by atoms with Crippen LogP contribution in [0.15, 0.2) is 48.5 Å². The molecular formula is C28H38N2O3. The van der Waals surface area contributed by atoms with Crippen molar-refractivity contribution in [3.05, 3.63) is 59.7 Å². The van der Waals surface area contributed by atoms with Crippen LogP contribution in [0.4, 0.5) is 0 Å². The second-order valence-electron chi connectivity index (χ2n) is 9.77. The molecule has 0 saturated carbocycles. The van der Waals surface area contributed by atoms with Gasteiger partial charge in [-0.25, -0.2) is 0 Å². The van der Waals surface area contributed by atoms with Gasteiger partial charge in [-0.05, 0) is 99.1 Å². The summed E-state index contributed by atoms with van der Waals surface area (Å²) in [5.41, 5.74) is 1.99. The Morgan fingerprint density at radius 2 is 1.82 bits per heavy atom. The van der Waals surface area contributed by atoms with E-state index in [1.807, 2.05) is 24.3 Å². The maximum Gasteiger partial charge on any atom is 0.176 e. The molecule has 1 N–H and O–H groups in total. The molecular weight excluding hydrogens is 412 g/mol. The SMILES string of the molecule is COc1ccc(C(=O)CN2CCCC2c2cccc(OC(C(C)C)C3CCNCC3)c2)cc1. The molecule has 2 saturated heterocycles. The predicted octanol–water partition coefficient (Wildman–Crippen LogP) is 5.12. The number of nitrogens with zero attached hydrogens (tertiary/aromatic N) is 1. The van der Waals surface area contributed by atoms with Crippen molar-refractivity contribution in [1.82, 2.24) is 10.2 Å². The first-order valence-electron chi connectivity index (χ1n) is 12.4. The van der Waals surface area contributed by atoms with E-state index >= 15 is 0 Å². The second-order valence-corrected chi connectivity index (χ2v) is 9.77. The number of hydrogen-bond acceptors (Lipinski definition) is 5. The fourth-order valence-corrected chi connectivity index (χ4v) is 5.35. The largest absolute Gasteiger partial charge is 0.497 e. The van der Waals surface area contributed by atoms with Gasteiger partial charge in [-0.1, -0.05) is 26.0 Å². The van der Waals surface area contributed by atoms with Crippen molar-refractivity contribution in [2.24, 2.45) is 11.8 Å². The van der Waals surface area contributed by atoms with E-state index < -0.39 is 0 Å². The number of methoxy groups -OCH3 is 1. The number of likely N-dealkylation sites (tertiary alicyclic amines) is 1. The Bertz CT molecular complexity index is 906. The topological polar surface area (TPSA) is 50.8 Å². The number of carbonyl (C=O) groups is 1. The van der Waals surface area contributed by atoms with Crippen LogP contribution in [0.2, 0.25) is 0 Å². The third-order valence-corrected chi connectivity index (χ3v) is 7.14. The molecule has 2 heterocycles. The van der Waals surface area contributed by atoms with E-state index in [4.69, 9.17) is 9.47 Å². The summed E-state index contributed by atoms with van der Waals surface area (Å²) < 4.78 is 11.8. The summed E-state index contributed by atoms with van der Waals surface area (Å²) in [5.74, 6) is 2.95. The number of rotatable bonds is 9. The van der Waals surface area contributed by atoms with Crippen molar-refractivity contribution in [2.45, 2.75) is 51.7 Å². The van der Waals surface area contributed by atoms with Crippen LogP contribution in [0, 0.1) is 11.8 Å². The maximum absolute atomic E-state index is 12.9. The summed E-state index contributed by atoms with van der Waals surface area (Å²) in [7, 11) is 1.64. The Morgan fingerprint density at radius 3 is 2.52 bits per heavy atom. The van der Waals surface area contributed by atoms with E-state index in [0.29, 0.717) is 18.4 Å². The molecule has 2 aromatic carbocycles. The van der Waals surface area contributed by atoms with Crippen molar-refractivity contribution < 1.29 is 14.3 Å². The van der Waals surface area contributed by atoms with E-state index in [0.717, 1.165) is 49.5 Å². The lowest BCUT2D eigenvalue weighted by Crippen LogP contribution is -2.39. The molecule has 2 aliphatic rings. The number of Topliss-reactive ketones (excluding diaryl/α,β-unsaturated/α-hetero) is 1. The van der Waals surface area contributed by atoms with Crippen LogP contribution in [0.3, 0.4) is 0 Å². The van der Waals surface area contributed by atoms with Crippen molar-refractivity contribution in [3.63, 3.8) is 0 Å². The standard InChI is InChI=1S/C28H38N2O3/c1-20(2)28(22-13-15-29-16-14-22)33-25-7-4-6-23(18-25)26-8-5-17-30(26)19-27(31)21-9-11-24(32-3)12-10-21/h4,6-7,9-12,18,20,22,26,28-29H,5,8,13-17,19H2,1-3H3. The lowest BCUT2D eigenvalue weighted by Gasteiger charge is -2.34. The Morgan fingerprint density at radius 1 is 1.06 bits per heavy atom. The average molecular weight is 451 g/mol. The van der Waals surface area contributed by atoms with E-state index in [-0.39, 0.29) is 17.9 Å². The van der Waals surface area contributed by atoms with Crippen LogP contribution in [0.25, 0.3) is 0 Å². The maximum atomic E-state index is 12.9. The van der Waals surface area contributed by atoms with E-state index in [2.05, 4.69) is 48.3 Å². The molecule has 0 amide bonds. The first-order chi connectivity index (χ1) is 16.0. The molecule has 33 heavy (non-hydrogen) atoms. The highest BCUT2D eigenvalue weighted by atomic mass is 16.5. The van der Waals surface area contributed by atoms with Crippen LogP contribution >= 0.6 is 0 Å². The zero-order chi connectivity index (χ0) is 23.2. The minimum absolute atomic E-state index is 0.155. The highest BCUT2D eigenvalue weighted by Gasteiger charge is 2.30. The number of nitrogens with one attached hydrogen (secondary N) is 1. The lowest BCUT2D eigenvalue weighted by atomic mass is 9.86. The van der Waals surface area contributed by atoms with Gasteiger partial charge in [0.15, 0.2) is 5.78 Å². The highest BCUT2D eigenvalue weighted by Crippen LogP contribution is 2.35. The van der Waals surface area contributed by atoms with Gasteiger partial charge in [0.25, 0.3) is 0 Å². The smallest absolute Gasteiger partial charge is 0.176 e. The third-order valence-electron chi connectivity index (χ3n) is 7.14. The van der Waals surface area contributed by atoms with E-state index in [9.17, 15) is 4.79 Å². The molecule has 0 spiro atoms. The number of benzene rings is 2. The summed E-state index contributed by atoms with van der Waals surface area (Å²) in [6.07, 6.45) is 4.76. The fraction of sp³-hybridized carbons (Fsp3) is 0.536. The predicted molar refractivity (Wildman–Crippen MR) is 132 cm³/mol. The number of hydrogen-bond donors (Lipinski definition) is 1. The molecule has 178 valence electrons. The lowest BCUT2D eigenvalue weighted by molar-refractivity contribution is 0.0718.